The molecule has 0 aliphatic rings. The molecule has 0 fully saturated rings. The second kappa shape index (κ2) is 7.31. The van der Waals surface area contributed by atoms with E-state index in [-0.39, 0.29) is 0 Å². The summed E-state index contributed by atoms with van der Waals surface area (Å²) < 4.78 is 27.6. The summed E-state index contributed by atoms with van der Waals surface area (Å²) in [5, 5.41) is 0. The van der Waals surface area contributed by atoms with Crippen LogP contribution in [-0.4, -0.2) is 9.97 Å². The van der Waals surface area contributed by atoms with E-state index in [9.17, 15) is 8.78 Å². The zero-order valence-electron chi connectivity index (χ0n) is 15.6. The topological polar surface area (TPSA) is 25.8 Å². The maximum Gasteiger partial charge on any atom is 0.126 e. The highest BCUT2D eigenvalue weighted by Gasteiger charge is 2.17. The van der Waals surface area contributed by atoms with Crippen molar-refractivity contribution in [3.8, 4) is 33.8 Å². The standard InChI is InChI=1S/C24H18F2N2/c1-15-8-6-7-11-21(15)24-23(17-9-4-3-5-10-17)28-22(16(2)27-24)18-12-19(25)14-20(26)13-18/h3-14H,1-2H3. The summed E-state index contributed by atoms with van der Waals surface area (Å²) in [6.45, 7) is 3.83. The van der Waals surface area contributed by atoms with Gasteiger partial charge in [-0.05, 0) is 31.5 Å². The van der Waals surface area contributed by atoms with Gasteiger partial charge in [0, 0.05) is 22.8 Å². The van der Waals surface area contributed by atoms with Crippen LogP contribution in [0.5, 0.6) is 0 Å². The highest BCUT2D eigenvalue weighted by atomic mass is 19.1. The van der Waals surface area contributed by atoms with Crippen molar-refractivity contribution < 1.29 is 8.78 Å². The molecule has 28 heavy (non-hydrogen) atoms. The van der Waals surface area contributed by atoms with E-state index >= 15 is 0 Å². The maximum absolute atomic E-state index is 13.8. The fourth-order valence-corrected chi connectivity index (χ4v) is 3.31. The van der Waals surface area contributed by atoms with Gasteiger partial charge in [0.15, 0.2) is 0 Å². The number of rotatable bonds is 3. The molecule has 0 unspecified atom stereocenters. The molecule has 0 spiro atoms. The molecule has 0 amide bonds. The SMILES string of the molecule is Cc1ccccc1-c1nc(C)c(-c2cc(F)cc(F)c2)nc1-c1ccccc1. The number of hydrogen-bond acceptors (Lipinski definition) is 2. The second-order valence-electron chi connectivity index (χ2n) is 6.69. The Balaban J connectivity index is 2.01. The summed E-state index contributed by atoms with van der Waals surface area (Å²) in [5.41, 5.74) is 5.84. The summed E-state index contributed by atoms with van der Waals surface area (Å²) >= 11 is 0. The molecular weight excluding hydrogens is 354 g/mol. The highest BCUT2D eigenvalue weighted by molar-refractivity contribution is 5.81. The van der Waals surface area contributed by atoms with E-state index in [0.29, 0.717) is 22.6 Å². The first-order valence-corrected chi connectivity index (χ1v) is 8.99. The Morgan fingerprint density at radius 2 is 1.25 bits per heavy atom. The minimum absolute atomic E-state index is 0.371. The van der Waals surface area contributed by atoms with Crippen LogP contribution in [-0.2, 0) is 0 Å². The zero-order chi connectivity index (χ0) is 19.7. The van der Waals surface area contributed by atoms with Crippen LogP contribution in [0.25, 0.3) is 33.8 Å². The lowest BCUT2D eigenvalue weighted by atomic mass is 9.99. The average Bonchev–Trinajstić information content (AvgIpc) is 2.68. The first-order chi connectivity index (χ1) is 13.5. The molecule has 2 nitrogen and oxygen atoms in total. The molecule has 0 saturated heterocycles. The highest BCUT2D eigenvalue weighted by Crippen LogP contribution is 2.34. The van der Waals surface area contributed by atoms with Crippen LogP contribution in [0.4, 0.5) is 8.78 Å². The molecule has 0 aliphatic heterocycles. The predicted octanol–water partition coefficient (Wildman–Crippen LogP) is 6.37. The Kier molecular flexibility index (Phi) is 4.70. The molecule has 0 atom stereocenters. The van der Waals surface area contributed by atoms with Crippen molar-refractivity contribution in [1.82, 2.24) is 9.97 Å². The first-order valence-electron chi connectivity index (χ1n) is 8.99. The average molecular weight is 372 g/mol. The smallest absolute Gasteiger partial charge is 0.126 e. The lowest BCUT2D eigenvalue weighted by Gasteiger charge is -2.15. The van der Waals surface area contributed by atoms with Gasteiger partial charge < -0.3 is 0 Å². The number of benzene rings is 3. The predicted molar refractivity (Wildman–Crippen MR) is 108 cm³/mol. The summed E-state index contributed by atoms with van der Waals surface area (Å²) in [4.78, 5) is 9.63. The fourth-order valence-electron chi connectivity index (χ4n) is 3.31. The Labute approximate surface area is 162 Å². The van der Waals surface area contributed by atoms with E-state index in [4.69, 9.17) is 9.97 Å². The maximum atomic E-state index is 13.8. The molecule has 4 rings (SSSR count). The van der Waals surface area contributed by atoms with Gasteiger partial charge in [0.2, 0.25) is 0 Å². The van der Waals surface area contributed by atoms with Crippen molar-refractivity contribution >= 4 is 0 Å². The third-order valence-electron chi connectivity index (χ3n) is 4.65. The van der Waals surface area contributed by atoms with Gasteiger partial charge in [-0.1, -0.05) is 54.6 Å². The Morgan fingerprint density at radius 1 is 0.607 bits per heavy atom. The number of aromatic nitrogens is 2. The molecule has 0 saturated carbocycles. The Bertz CT molecular complexity index is 1130. The minimum atomic E-state index is -0.638. The van der Waals surface area contributed by atoms with Gasteiger partial charge in [-0.15, -0.1) is 0 Å². The van der Waals surface area contributed by atoms with E-state index in [1.54, 1.807) is 0 Å². The van der Waals surface area contributed by atoms with Crippen molar-refractivity contribution in [2.75, 3.05) is 0 Å². The van der Waals surface area contributed by atoms with Gasteiger partial charge in [0.1, 0.15) is 11.6 Å². The van der Waals surface area contributed by atoms with E-state index in [0.717, 1.165) is 28.5 Å². The van der Waals surface area contributed by atoms with E-state index in [1.807, 2.05) is 68.4 Å². The van der Waals surface area contributed by atoms with Crippen LogP contribution in [0.15, 0.2) is 72.8 Å². The second-order valence-corrected chi connectivity index (χ2v) is 6.69. The van der Waals surface area contributed by atoms with Crippen LogP contribution >= 0.6 is 0 Å². The van der Waals surface area contributed by atoms with Crippen molar-refractivity contribution in [3.05, 3.63) is 95.7 Å². The molecular formula is C24H18F2N2. The van der Waals surface area contributed by atoms with Gasteiger partial charge in [-0.25, -0.2) is 18.7 Å². The summed E-state index contributed by atoms with van der Waals surface area (Å²) in [7, 11) is 0. The number of halogens is 2. The van der Waals surface area contributed by atoms with Gasteiger partial charge >= 0.3 is 0 Å². The Morgan fingerprint density at radius 3 is 1.93 bits per heavy atom. The number of hydrogen-bond donors (Lipinski definition) is 0. The molecule has 0 bridgehead atoms. The molecule has 4 heteroatoms. The number of nitrogens with zero attached hydrogens (tertiary/aromatic N) is 2. The minimum Gasteiger partial charge on any atom is -0.249 e. The van der Waals surface area contributed by atoms with Crippen LogP contribution in [0.3, 0.4) is 0 Å². The van der Waals surface area contributed by atoms with Crippen LogP contribution < -0.4 is 0 Å². The first kappa shape index (κ1) is 18.0. The molecule has 3 aromatic carbocycles. The van der Waals surface area contributed by atoms with Crippen molar-refractivity contribution in [2.24, 2.45) is 0 Å². The van der Waals surface area contributed by atoms with E-state index in [1.165, 1.54) is 12.1 Å². The summed E-state index contributed by atoms with van der Waals surface area (Å²) in [6, 6.07) is 21.1. The fraction of sp³-hybridized carbons (Fsp3) is 0.0833. The molecule has 1 heterocycles. The normalized spacial score (nSPS) is 10.9. The van der Waals surface area contributed by atoms with Crippen LogP contribution in [0.2, 0.25) is 0 Å². The van der Waals surface area contributed by atoms with Gasteiger partial charge in [0.05, 0.1) is 22.8 Å². The van der Waals surface area contributed by atoms with Crippen LogP contribution in [0, 0.1) is 25.5 Å². The zero-order valence-corrected chi connectivity index (χ0v) is 15.6. The van der Waals surface area contributed by atoms with Crippen LogP contribution in [0.1, 0.15) is 11.3 Å². The molecule has 0 aliphatic carbocycles. The van der Waals surface area contributed by atoms with Crippen molar-refractivity contribution in [2.45, 2.75) is 13.8 Å². The third-order valence-corrected chi connectivity index (χ3v) is 4.65. The lowest BCUT2D eigenvalue weighted by Crippen LogP contribution is -2.01. The van der Waals surface area contributed by atoms with Gasteiger partial charge in [-0.2, -0.15) is 0 Å². The Hall–Kier alpha value is -3.40. The van der Waals surface area contributed by atoms with Gasteiger partial charge in [-0.3, -0.25) is 0 Å². The molecule has 0 N–H and O–H groups in total. The molecule has 4 aromatic rings. The van der Waals surface area contributed by atoms with E-state index < -0.39 is 11.6 Å². The summed E-state index contributed by atoms with van der Waals surface area (Å²) in [5.74, 6) is -1.28. The molecule has 0 radical (unpaired) electrons. The third kappa shape index (κ3) is 3.41. The van der Waals surface area contributed by atoms with E-state index in [2.05, 4.69) is 0 Å². The number of aryl methyl sites for hydroxylation is 2. The summed E-state index contributed by atoms with van der Waals surface area (Å²) in [6.07, 6.45) is 0. The van der Waals surface area contributed by atoms with Crippen molar-refractivity contribution in [3.63, 3.8) is 0 Å². The quantitative estimate of drug-likeness (QED) is 0.417. The monoisotopic (exact) mass is 372 g/mol. The molecule has 138 valence electrons. The molecule has 1 aromatic heterocycles. The largest absolute Gasteiger partial charge is 0.249 e. The lowest BCUT2D eigenvalue weighted by molar-refractivity contribution is 0.584. The van der Waals surface area contributed by atoms with Gasteiger partial charge in [0.25, 0.3) is 0 Å². The van der Waals surface area contributed by atoms with Crippen molar-refractivity contribution in [1.29, 1.82) is 0 Å².